The molecule has 2 N–H and O–H groups in total. The average Bonchev–Trinajstić information content (AvgIpc) is 2.78. The van der Waals surface area contributed by atoms with Crippen LogP contribution in [0.1, 0.15) is 72.9 Å². The van der Waals surface area contributed by atoms with Gasteiger partial charge in [0.2, 0.25) is 0 Å². The van der Waals surface area contributed by atoms with E-state index in [1.165, 1.54) is 0 Å². The van der Waals surface area contributed by atoms with E-state index < -0.39 is 0 Å². The number of hydrogen-bond donors (Lipinski definition) is 2. The predicted octanol–water partition coefficient (Wildman–Crippen LogP) is 7.72. The molecule has 0 saturated carbocycles. The van der Waals surface area contributed by atoms with Crippen molar-refractivity contribution in [2.75, 3.05) is 0 Å². The van der Waals surface area contributed by atoms with Gasteiger partial charge in [-0.1, -0.05) is 27.7 Å². The van der Waals surface area contributed by atoms with Crippen molar-refractivity contribution < 1.29 is 19.7 Å². The van der Waals surface area contributed by atoms with Gasteiger partial charge in [0, 0.05) is 38.6 Å². The van der Waals surface area contributed by atoms with Gasteiger partial charge in [0.05, 0.1) is 0 Å². The lowest BCUT2D eigenvalue weighted by Gasteiger charge is -2.32. The molecule has 0 fully saturated rings. The molecule has 4 aromatic carbocycles. The first kappa shape index (κ1) is 21.2. The summed E-state index contributed by atoms with van der Waals surface area (Å²) in [5.74, 6) is 2.81. The van der Waals surface area contributed by atoms with E-state index in [-0.39, 0.29) is 11.8 Å². The number of aryl methyl sites for hydroxylation is 1. The maximum absolute atomic E-state index is 10.8. The Bertz CT molecular complexity index is 1430. The third-order valence-corrected chi connectivity index (χ3v) is 7.59. The second-order valence-corrected chi connectivity index (χ2v) is 10.4. The zero-order valence-corrected chi connectivity index (χ0v) is 20.6. The minimum Gasteiger partial charge on any atom is -0.508 e. The summed E-state index contributed by atoms with van der Waals surface area (Å²) < 4.78 is 12.9. The Kier molecular flexibility index (Phi) is 4.39. The van der Waals surface area contributed by atoms with Gasteiger partial charge in [-0.05, 0) is 77.4 Å². The monoisotopic (exact) mass is 454 g/mol. The number of fused-ring (bicyclic) bond motifs is 4. The summed E-state index contributed by atoms with van der Waals surface area (Å²) in [4.78, 5) is 0. The van der Waals surface area contributed by atoms with E-state index in [9.17, 15) is 10.2 Å². The van der Waals surface area contributed by atoms with Gasteiger partial charge in [-0.25, -0.2) is 0 Å². The van der Waals surface area contributed by atoms with Crippen LogP contribution in [0.5, 0.6) is 23.0 Å². The van der Waals surface area contributed by atoms with Crippen molar-refractivity contribution in [2.45, 2.75) is 66.6 Å². The fourth-order valence-electron chi connectivity index (χ4n) is 6.10. The van der Waals surface area contributed by atoms with Gasteiger partial charge in [-0.2, -0.15) is 0 Å². The number of benzene rings is 4. The molecule has 0 radical (unpaired) electrons. The van der Waals surface area contributed by atoms with E-state index in [4.69, 9.17) is 9.47 Å². The van der Waals surface area contributed by atoms with Gasteiger partial charge in [-0.15, -0.1) is 0 Å². The highest BCUT2D eigenvalue weighted by atomic mass is 16.5. The zero-order chi connectivity index (χ0) is 24.0. The topological polar surface area (TPSA) is 58.9 Å². The molecule has 0 aliphatic carbocycles. The molecule has 4 heteroatoms. The molecule has 174 valence electrons. The van der Waals surface area contributed by atoms with E-state index in [0.717, 1.165) is 77.6 Å². The molecule has 6 rings (SSSR count). The second-order valence-electron chi connectivity index (χ2n) is 10.4. The minimum absolute atomic E-state index is 0.174. The minimum atomic E-state index is 0.174. The van der Waals surface area contributed by atoms with E-state index in [1.807, 2.05) is 26.0 Å². The molecule has 2 heterocycles. The van der Waals surface area contributed by atoms with Gasteiger partial charge < -0.3 is 19.7 Å². The summed E-state index contributed by atoms with van der Waals surface area (Å²) >= 11 is 0. The molecule has 4 aromatic rings. The third kappa shape index (κ3) is 2.65. The lowest BCUT2D eigenvalue weighted by atomic mass is 9.82. The van der Waals surface area contributed by atoms with Crippen molar-refractivity contribution in [3.05, 3.63) is 57.6 Å². The molecule has 0 aromatic heterocycles. The number of phenols is 2. The van der Waals surface area contributed by atoms with E-state index >= 15 is 0 Å². The Labute approximate surface area is 199 Å². The molecule has 0 saturated heterocycles. The van der Waals surface area contributed by atoms with Gasteiger partial charge in [0.25, 0.3) is 0 Å². The Balaban J connectivity index is 1.74. The number of phenolic OH excluding ortho intramolecular Hbond substituents is 2. The molecular formula is C30H30O4. The molecule has 0 spiro atoms. The Hall–Kier alpha value is -3.40. The van der Waals surface area contributed by atoms with Crippen LogP contribution in [0, 0.1) is 13.8 Å². The van der Waals surface area contributed by atoms with Crippen LogP contribution in [0.25, 0.3) is 32.7 Å². The van der Waals surface area contributed by atoms with Crippen molar-refractivity contribution >= 4 is 21.5 Å². The molecule has 0 unspecified atom stereocenters. The van der Waals surface area contributed by atoms with Gasteiger partial charge in [0.1, 0.15) is 36.2 Å². The van der Waals surface area contributed by atoms with Crippen LogP contribution < -0.4 is 9.47 Å². The highest BCUT2D eigenvalue weighted by molar-refractivity contribution is 6.07. The summed E-state index contributed by atoms with van der Waals surface area (Å²) in [7, 11) is 0. The Morgan fingerprint density at radius 2 is 1.18 bits per heavy atom. The van der Waals surface area contributed by atoms with Crippen LogP contribution >= 0.6 is 0 Å². The molecular weight excluding hydrogens is 424 g/mol. The molecule has 0 bridgehead atoms. The smallest absolute Gasteiger partial charge is 0.136 e. The van der Waals surface area contributed by atoms with Crippen molar-refractivity contribution in [1.29, 1.82) is 0 Å². The number of aromatic hydroxyl groups is 2. The molecule has 2 aliphatic rings. The average molecular weight is 455 g/mol. The van der Waals surface area contributed by atoms with Crippen LogP contribution in [-0.4, -0.2) is 10.2 Å². The first-order valence-electron chi connectivity index (χ1n) is 12.1. The molecule has 0 atom stereocenters. The summed E-state index contributed by atoms with van der Waals surface area (Å²) in [5, 5.41) is 25.7. The van der Waals surface area contributed by atoms with E-state index in [0.29, 0.717) is 24.7 Å². The highest BCUT2D eigenvalue weighted by Gasteiger charge is 2.33. The number of hydrogen-bond acceptors (Lipinski definition) is 4. The van der Waals surface area contributed by atoms with Crippen molar-refractivity contribution in [1.82, 2.24) is 0 Å². The normalized spacial score (nSPS) is 14.0. The van der Waals surface area contributed by atoms with Crippen LogP contribution in [0.15, 0.2) is 24.3 Å². The van der Waals surface area contributed by atoms with Gasteiger partial charge >= 0.3 is 0 Å². The van der Waals surface area contributed by atoms with Crippen molar-refractivity contribution in [3.63, 3.8) is 0 Å². The van der Waals surface area contributed by atoms with Crippen LogP contribution in [-0.2, 0) is 13.2 Å². The number of rotatable bonds is 2. The lowest BCUT2D eigenvalue weighted by Crippen LogP contribution is -2.16. The Morgan fingerprint density at radius 1 is 0.676 bits per heavy atom. The Morgan fingerprint density at radius 3 is 1.71 bits per heavy atom. The first-order chi connectivity index (χ1) is 16.2. The molecule has 0 amide bonds. The zero-order valence-electron chi connectivity index (χ0n) is 20.6. The summed E-state index contributed by atoms with van der Waals surface area (Å²) in [6.45, 7) is 13.3. The SMILES string of the molecule is Cc1cc2c3c4c(cc2c(C(C)C)c1O)COc1c-4c(cc2c(C(C)C)c(C)c(O)cc12)CO3. The summed E-state index contributed by atoms with van der Waals surface area (Å²) in [6.07, 6.45) is 0. The van der Waals surface area contributed by atoms with Gasteiger partial charge in [0.15, 0.2) is 0 Å². The fraction of sp³-hybridized carbons (Fsp3) is 0.333. The van der Waals surface area contributed by atoms with Crippen LogP contribution in [0.3, 0.4) is 0 Å². The summed E-state index contributed by atoms with van der Waals surface area (Å²) in [6, 6.07) is 8.29. The van der Waals surface area contributed by atoms with Crippen molar-refractivity contribution in [3.8, 4) is 34.1 Å². The van der Waals surface area contributed by atoms with E-state index in [1.54, 1.807) is 0 Å². The lowest BCUT2D eigenvalue weighted by molar-refractivity contribution is 0.282. The van der Waals surface area contributed by atoms with Crippen molar-refractivity contribution in [2.24, 2.45) is 0 Å². The number of ether oxygens (including phenoxy) is 2. The maximum Gasteiger partial charge on any atom is 0.136 e. The largest absolute Gasteiger partial charge is 0.508 e. The second kappa shape index (κ2) is 7.05. The van der Waals surface area contributed by atoms with Gasteiger partial charge in [-0.3, -0.25) is 0 Å². The molecule has 2 aliphatic heterocycles. The predicted molar refractivity (Wildman–Crippen MR) is 137 cm³/mol. The summed E-state index contributed by atoms with van der Waals surface area (Å²) in [5.41, 5.74) is 8.23. The first-order valence-corrected chi connectivity index (χ1v) is 12.1. The quantitative estimate of drug-likeness (QED) is 0.325. The van der Waals surface area contributed by atoms with Crippen LogP contribution in [0.2, 0.25) is 0 Å². The standard InChI is InChI=1S/C30H30O4/c1-13(2)24-16(6)23(31)10-22-19(24)8-17-11-33-29-21-7-15(5)28(32)25(14(3)4)20(21)9-18-12-34-30(22)27(17)26(18)29/h7-10,13-14,31-32H,11-12H2,1-6H3. The van der Waals surface area contributed by atoms with E-state index in [2.05, 4.69) is 39.8 Å². The highest BCUT2D eigenvalue weighted by Crippen LogP contribution is 2.55. The fourth-order valence-corrected chi connectivity index (χ4v) is 6.10. The van der Waals surface area contributed by atoms with Crippen LogP contribution in [0.4, 0.5) is 0 Å². The maximum atomic E-state index is 10.8. The molecule has 4 nitrogen and oxygen atoms in total. The third-order valence-electron chi connectivity index (χ3n) is 7.59. The molecule has 34 heavy (non-hydrogen) atoms.